The molecule has 0 unspecified atom stereocenters. The molecule has 0 saturated heterocycles. The molecule has 0 aliphatic carbocycles. The monoisotopic (exact) mass is 297 g/mol. The number of methoxy groups -OCH3 is 1. The van der Waals surface area contributed by atoms with Gasteiger partial charge in [0.1, 0.15) is 18.2 Å². The third kappa shape index (κ3) is 2.76. The molecule has 3 aromatic rings. The van der Waals surface area contributed by atoms with Gasteiger partial charge in [-0.05, 0) is 36.8 Å². The van der Waals surface area contributed by atoms with Crippen molar-refractivity contribution in [1.82, 2.24) is 14.6 Å². The Morgan fingerprint density at radius 3 is 2.95 bits per heavy atom. The van der Waals surface area contributed by atoms with Crippen LogP contribution in [-0.4, -0.2) is 27.7 Å². The zero-order valence-electron chi connectivity index (χ0n) is 12.3. The third-order valence-corrected chi connectivity index (χ3v) is 3.37. The van der Waals surface area contributed by atoms with Gasteiger partial charge in [-0.2, -0.15) is 0 Å². The molecular formula is C16H15N3O3. The molecule has 0 bridgehead atoms. The smallest absolute Gasteiger partial charge is 0.340 e. The van der Waals surface area contributed by atoms with E-state index in [1.54, 1.807) is 29.8 Å². The molecule has 1 aromatic carbocycles. The lowest BCUT2D eigenvalue weighted by atomic mass is 10.1. The summed E-state index contributed by atoms with van der Waals surface area (Å²) in [6, 6.07) is 10.8. The Morgan fingerprint density at radius 2 is 2.14 bits per heavy atom. The summed E-state index contributed by atoms with van der Waals surface area (Å²) in [5.74, 6) is 0.331. The summed E-state index contributed by atoms with van der Waals surface area (Å²) in [4.78, 5) is 12.2. The van der Waals surface area contributed by atoms with Crippen molar-refractivity contribution < 1.29 is 14.3 Å². The number of nitrogens with zero attached hydrogens (tertiary/aromatic N) is 3. The van der Waals surface area contributed by atoms with Crippen LogP contribution in [0.1, 0.15) is 28.9 Å². The minimum atomic E-state index is -0.397. The number of ether oxygens (including phenoxy) is 2. The van der Waals surface area contributed by atoms with Crippen molar-refractivity contribution in [2.24, 2.45) is 0 Å². The average molecular weight is 297 g/mol. The van der Waals surface area contributed by atoms with Gasteiger partial charge in [0.05, 0.1) is 12.7 Å². The van der Waals surface area contributed by atoms with E-state index in [1.165, 1.54) is 6.33 Å². The van der Waals surface area contributed by atoms with E-state index in [2.05, 4.69) is 10.2 Å². The maximum atomic E-state index is 12.2. The molecule has 112 valence electrons. The van der Waals surface area contributed by atoms with Gasteiger partial charge in [-0.25, -0.2) is 4.79 Å². The lowest BCUT2D eigenvalue weighted by Gasteiger charge is -2.14. The number of carbonyl (C=O) groups is 1. The van der Waals surface area contributed by atoms with E-state index in [0.29, 0.717) is 11.2 Å². The van der Waals surface area contributed by atoms with Crippen molar-refractivity contribution in [2.75, 3.05) is 7.11 Å². The molecule has 2 aromatic heterocycles. The van der Waals surface area contributed by atoms with Gasteiger partial charge in [0, 0.05) is 6.20 Å². The highest BCUT2D eigenvalue weighted by Crippen LogP contribution is 2.22. The molecule has 1 atom stereocenters. The van der Waals surface area contributed by atoms with Crippen LogP contribution in [0.2, 0.25) is 0 Å². The predicted octanol–water partition coefficient (Wildman–Crippen LogP) is 2.66. The Labute approximate surface area is 127 Å². The van der Waals surface area contributed by atoms with Crippen molar-refractivity contribution in [3.8, 4) is 5.75 Å². The highest BCUT2D eigenvalue weighted by Gasteiger charge is 2.15. The highest BCUT2D eigenvalue weighted by atomic mass is 16.5. The molecule has 0 saturated carbocycles. The van der Waals surface area contributed by atoms with E-state index in [9.17, 15) is 4.79 Å². The molecule has 2 heterocycles. The lowest BCUT2D eigenvalue weighted by Crippen LogP contribution is -2.10. The molecule has 3 rings (SSSR count). The number of esters is 1. The molecule has 6 nitrogen and oxygen atoms in total. The van der Waals surface area contributed by atoms with Crippen molar-refractivity contribution in [3.63, 3.8) is 0 Å². The number of rotatable bonds is 4. The number of aromatic nitrogens is 3. The average Bonchev–Trinajstić information content (AvgIpc) is 3.02. The minimum absolute atomic E-state index is 0.376. The van der Waals surface area contributed by atoms with Crippen LogP contribution in [-0.2, 0) is 4.74 Å². The predicted molar refractivity (Wildman–Crippen MR) is 79.8 cm³/mol. The summed E-state index contributed by atoms with van der Waals surface area (Å²) < 4.78 is 12.3. The number of hydrogen-bond donors (Lipinski definition) is 0. The van der Waals surface area contributed by atoms with Crippen LogP contribution in [0.4, 0.5) is 0 Å². The molecule has 0 aliphatic rings. The van der Waals surface area contributed by atoms with Crippen molar-refractivity contribution in [1.29, 1.82) is 0 Å². The van der Waals surface area contributed by atoms with Gasteiger partial charge in [0.25, 0.3) is 0 Å². The Hall–Kier alpha value is -2.89. The maximum Gasteiger partial charge on any atom is 0.340 e. The van der Waals surface area contributed by atoms with Crippen LogP contribution in [0, 0.1) is 0 Å². The lowest BCUT2D eigenvalue weighted by molar-refractivity contribution is 0.0337. The van der Waals surface area contributed by atoms with Crippen LogP contribution in [0.15, 0.2) is 48.9 Å². The molecule has 0 amide bonds. The molecule has 6 heteroatoms. The number of hydrogen-bond acceptors (Lipinski definition) is 5. The summed E-state index contributed by atoms with van der Waals surface area (Å²) in [6.45, 7) is 1.82. The Kier molecular flexibility index (Phi) is 3.74. The van der Waals surface area contributed by atoms with Crippen LogP contribution < -0.4 is 4.74 Å². The number of pyridine rings is 1. The summed E-state index contributed by atoms with van der Waals surface area (Å²) >= 11 is 0. The fraction of sp³-hybridized carbons (Fsp3) is 0.188. The van der Waals surface area contributed by atoms with Crippen molar-refractivity contribution in [2.45, 2.75) is 13.0 Å². The standard InChI is InChI=1S/C16H15N3O3/c1-11(12-4-3-5-14(8-12)21-2)22-16(20)13-6-7-15-18-17-10-19(15)9-13/h3-11H,1-2H3/t11-/m0/s1. The van der Waals surface area contributed by atoms with Gasteiger partial charge in [0.15, 0.2) is 5.65 Å². The number of carbonyl (C=O) groups excluding carboxylic acids is 1. The Balaban J connectivity index is 1.77. The number of benzene rings is 1. The summed E-state index contributed by atoms with van der Waals surface area (Å²) in [7, 11) is 1.60. The first-order chi connectivity index (χ1) is 10.7. The molecule has 22 heavy (non-hydrogen) atoms. The topological polar surface area (TPSA) is 65.7 Å². The largest absolute Gasteiger partial charge is 0.497 e. The van der Waals surface area contributed by atoms with Gasteiger partial charge in [-0.3, -0.25) is 4.40 Å². The van der Waals surface area contributed by atoms with Gasteiger partial charge >= 0.3 is 5.97 Å². The molecular weight excluding hydrogens is 282 g/mol. The van der Waals surface area contributed by atoms with Crippen LogP contribution in [0.25, 0.3) is 5.65 Å². The second kappa shape index (κ2) is 5.85. The van der Waals surface area contributed by atoms with Crippen LogP contribution in [0.5, 0.6) is 5.75 Å². The van der Waals surface area contributed by atoms with Crippen molar-refractivity contribution >= 4 is 11.6 Å². The van der Waals surface area contributed by atoms with Gasteiger partial charge in [-0.15, -0.1) is 10.2 Å². The summed E-state index contributed by atoms with van der Waals surface area (Å²) in [5, 5.41) is 7.67. The normalized spacial score (nSPS) is 12.1. The first-order valence-electron chi connectivity index (χ1n) is 6.81. The zero-order valence-corrected chi connectivity index (χ0v) is 12.3. The maximum absolute atomic E-state index is 12.2. The molecule has 0 N–H and O–H groups in total. The second-order valence-corrected chi connectivity index (χ2v) is 4.84. The SMILES string of the molecule is COc1cccc([C@H](C)OC(=O)c2ccc3nncn3c2)c1. The summed E-state index contributed by atoms with van der Waals surface area (Å²) in [6.07, 6.45) is 2.81. The fourth-order valence-electron chi connectivity index (χ4n) is 2.14. The second-order valence-electron chi connectivity index (χ2n) is 4.84. The summed E-state index contributed by atoms with van der Waals surface area (Å²) in [5.41, 5.74) is 2.00. The first-order valence-corrected chi connectivity index (χ1v) is 6.81. The highest BCUT2D eigenvalue weighted by molar-refractivity contribution is 5.89. The molecule has 0 fully saturated rings. The van der Waals surface area contributed by atoms with Gasteiger partial charge in [0.2, 0.25) is 0 Å². The van der Waals surface area contributed by atoms with Crippen molar-refractivity contribution in [3.05, 3.63) is 60.0 Å². The van der Waals surface area contributed by atoms with E-state index >= 15 is 0 Å². The molecule has 0 spiro atoms. The fourth-order valence-corrected chi connectivity index (χ4v) is 2.14. The zero-order chi connectivity index (χ0) is 15.5. The third-order valence-electron chi connectivity index (χ3n) is 3.37. The van der Waals surface area contributed by atoms with Gasteiger partial charge in [-0.1, -0.05) is 12.1 Å². The van der Waals surface area contributed by atoms with Gasteiger partial charge < -0.3 is 9.47 Å². The Bertz CT molecular complexity index is 813. The Morgan fingerprint density at radius 1 is 1.27 bits per heavy atom. The number of fused-ring (bicyclic) bond motifs is 1. The minimum Gasteiger partial charge on any atom is -0.497 e. The van der Waals surface area contributed by atoms with Crippen LogP contribution >= 0.6 is 0 Å². The van der Waals surface area contributed by atoms with E-state index in [-0.39, 0.29) is 6.10 Å². The van der Waals surface area contributed by atoms with E-state index in [0.717, 1.165) is 11.3 Å². The van der Waals surface area contributed by atoms with E-state index in [4.69, 9.17) is 9.47 Å². The van der Waals surface area contributed by atoms with Crippen LogP contribution in [0.3, 0.4) is 0 Å². The molecule has 0 aliphatic heterocycles. The quantitative estimate of drug-likeness (QED) is 0.693. The molecule has 0 radical (unpaired) electrons. The first kappa shape index (κ1) is 14.1. The van der Waals surface area contributed by atoms with E-state index in [1.807, 2.05) is 31.2 Å². The van der Waals surface area contributed by atoms with E-state index < -0.39 is 5.97 Å².